The summed E-state index contributed by atoms with van der Waals surface area (Å²) in [5.74, 6) is 0. The molecule has 0 heterocycles. The van der Waals surface area contributed by atoms with Gasteiger partial charge < -0.3 is 0 Å². The molecule has 0 atom stereocenters. The Morgan fingerprint density at radius 1 is 1.44 bits per heavy atom. The summed E-state index contributed by atoms with van der Waals surface area (Å²) in [6, 6.07) is 0. The van der Waals surface area contributed by atoms with Gasteiger partial charge in [0.25, 0.3) is 0 Å². The lowest BCUT2D eigenvalue weighted by Crippen LogP contribution is -2.23. The molecule has 0 rings (SSSR count). The van der Waals surface area contributed by atoms with Gasteiger partial charge in [0.05, 0.1) is 8.07 Å². The molecule has 1 nitrogen and oxygen atoms in total. The molecule has 0 aromatic carbocycles. The van der Waals surface area contributed by atoms with E-state index in [1.807, 2.05) is 6.21 Å². The summed E-state index contributed by atoms with van der Waals surface area (Å²) >= 11 is 0. The second kappa shape index (κ2) is 2.97. The first-order chi connectivity index (χ1) is 3.98. The van der Waals surface area contributed by atoms with Gasteiger partial charge in [-0.3, -0.25) is 4.99 Å². The summed E-state index contributed by atoms with van der Waals surface area (Å²) in [7, 11) is 0.658. The summed E-state index contributed by atoms with van der Waals surface area (Å²) in [6.45, 7) is 10.7. The smallest absolute Gasteiger partial charge is 0.0788 e. The molecule has 52 valence electrons. The Bertz CT molecular complexity index is 130. The van der Waals surface area contributed by atoms with Crippen LogP contribution in [-0.2, 0) is 0 Å². The predicted molar refractivity (Wildman–Crippen MR) is 46.9 cm³/mol. The third kappa shape index (κ3) is 3.24. The van der Waals surface area contributed by atoms with Crippen LogP contribution in [0.3, 0.4) is 0 Å². The maximum atomic E-state index is 3.93. The van der Waals surface area contributed by atoms with Crippen molar-refractivity contribution in [3.63, 3.8) is 0 Å². The van der Waals surface area contributed by atoms with Gasteiger partial charge in [-0.1, -0.05) is 26.2 Å². The fourth-order valence-corrected chi connectivity index (χ4v) is 0.866. The van der Waals surface area contributed by atoms with E-state index in [4.69, 9.17) is 0 Å². The van der Waals surface area contributed by atoms with Crippen molar-refractivity contribution in [1.82, 2.24) is 0 Å². The van der Waals surface area contributed by atoms with Crippen molar-refractivity contribution < 1.29 is 0 Å². The Morgan fingerprint density at radius 3 is 2.00 bits per heavy atom. The monoisotopic (exact) mass is 141 g/mol. The molecule has 0 aliphatic heterocycles. The summed E-state index contributed by atoms with van der Waals surface area (Å²) in [5.41, 5.74) is 0. The Hall–Kier alpha value is -0.373. The third-order valence-electron chi connectivity index (χ3n) is 1.25. The van der Waals surface area contributed by atoms with E-state index in [1.54, 1.807) is 7.05 Å². The van der Waals surface area contributed by atoms with E-state index in [-0.39, 0.29) is 0 Å². The first-order valence-electron chi connectivity index (χ1n) is 3.10. The van der Waals surface area contributed by atoms with E-state index < -0.39 is 8.07 Å². The molecule has 0 N–H and O–H groups in total. The molecule has 9 heavy (non-hydrogen) atoms. The van der Waals surface area contributed by atoms with Crippen molar-refractivity contribution in [1.29, 1.82) is 0 Å². The van der Waals surface area contributed by atoms with Crippen molar-refractivity contribution in [2.45, 2.75) is 19.6 Å². The van der Waals surface area contributed by atoms with Crippen molar-refractivity contribution in [3.8, 4) is 0 Å². The van der Waals surface area contributed by atoms with Gasteiger partial charge in [0, 0.05) is 13.3 Å². The summed E-state index contributed by atoms with van der Waals surface area (Å²) in [6.07, 6.45) is 1.87. The topological polar surface area (TPSA) is 12.4 Å². The molecule has 0 amide bonds. The third-order valence-corrected chi connectivity index (χ3v) is 3.30. The van der Waals surface area contributed by atoms with E-state index in [1.165, 1.54) is 5.20 Å². The molecular weight excluding hydrogens is 126 g/mol. The van der Waals surface area contributed by atoms with Crippen LogP contribution in [0.4, 0.5) is 0 Å². The minimum atomic E-state index is -1.13. The lowest BCUT2D eigenvalue weighted by molar-refractivity contribution is 1.47. The van der Waals surface area contributed by atoms with Crippen molar-refractivity contribution in [3.05, 3.63) is 11.8 Å². The van der Waals surface area contributed by atoms with Gasteiger partial charge in [0.1, 0.15) is 0 Å². The number of rotatable bonds is 2. The molecule has 0 spiro atoms. The molecular formula is C7H15NSi. The largest absolute Gasteiger partial charge is 0.297 e. The molecule has 0 bridgehead atoms. The van der Waals surface area contributed by atoms with Crippen molar-refractivity contribution >= 4 is 14.3 Å². The van der Waals surface area contributed by atoms with Crippen LogP contribution in [0.5, 0.6) is 0 Å². The lowest BCUT2D eigenvalue weighted by atomic mass is 10.7. The van der Waals surface area contributed by atoms with E-state index in [0.29, 0.717) is 0 Å². The highest BCUT2D eigenvalue weighted by atomic mass is 28.3. The Morgan fingerprint density at radius 2 is 1.89 bits per heavy atom. The number of nitrogens with zero attached hydrogens (tertiary/aromatic N) is 1. The first-order valence-corrected chi connectivity index (χ1v) is 6.60. The van der Waals surface area contributed by atoms with Crippen LogP contribution in [0.1, 0.15) is 0 Å². The molecule has 0 aliphatic rings. The summed E-state index contributed by atoms with van der Waals surface area (Å²) < 4.78 is 0. The zero-order chi connectivity index (χ0) is 7.49. The average Bonchev–Trinajstić information content (AvgIpc) is 1.64. The number of allylic oxidation sites excluding steroid dienone is 1. The Kier molecular flexibility index (Phi) is 2.84. The Balaban J connectivity index is 4.06. The Labute approximate surface area is 58.5 Å². The maximum Gasteiger partial charge on any atom is 0.0788 e. The highest BCUT2D eigenvalue weighted by molar-refractivity contribution is 6.86. The number of hydrogen-bond acceptors (Lipinski definition) is 1. The molecule has 0 aromatic heterocycles. The second-order valence-electron chi connectivity index (χ2n) is 3.16. The van der Waals surface area contributed by atoms with E-state index in [0.717, 1.165) is 0 Å². The van der Waals surface area contributed by atoms with Crippen LogP contribution in [0.15, 0.2) is 16.8 Å². The SMILES string of the molecule is C=C(/C=N/C)[Si](C)(C)C. The van der Waals surface area contributed by atoms with Crippen molar-refractivity contribution in [2.75, 3.05) is 7.05 Å². The quantitative estimate of drug-likeness (QED) is 0.412. The fourth-order valence-electron chi connectivity index (χ4n) is 0.349. The van der Waals surface area contributed by atoms with Gasteiger partial charge in [0.15, 0.2) is 0 Å². The summed E-state index contributed by atoms with van der Waals surface area (Å²) in [5, 5.41) is 1.21. The van der Waals surface area contributed by atoms with Crippen LogP contribution in [0, 0.1) is 0 Å². The number of aliphatic imine (C=N–C) groups is 1. The van der Waals surface area contributed by atoms with E-state index >= 15 is 0 Å². The highest BCUT2D eigenvalue weighted by Crippen LogP contribution is 2.08. The van der Waals surface area contributed by atoms with Gasteiger partial charge >= 0.3 is 0 Å². The molecule has 0 unspecified atom stereocenters. The van der Waals surface area contributed by atoms with Crippen LogP contribution in [0.25, 0.3) is 0 Å². The van der Waals surface area contributed by atoms with Gasteiger partial charge in [-0.25, -0.2) is 0 Å². The van der Waals surface area contributed by atoms with Crippen molar-refractivity contribution in [2.24, 2.45) is 4.99 Å². The number of hydrogen-bond donors (Lipinski definition) is 0. The van der Waals surface area contributed by atoms with Crippen LogP contribution in [-0.4, -0.2) is 21.3 Å². The zero-order valence-corrected chi connectivity index (χ0v) is 7.73. The van der Waals surface area contributed by atoms with Crippen LogP contribution < -0.4 is 0 Å². The minimum absolute atomic E-state index is 1.13. The molecule has 0 aliphatic carbocycles. The zero-order valence-electron chi connectivity index (χ0n) is 6.73. The molecule has 2 heteroatoms. The second-order valence-corrected chi connectivity index (χ2v) is 8.30. The van der Waals surface area contributed by atoms with Gasteiger partial charge in [-0.2, -0.15) is 0 Å². The first kappa shape index (κ1) is 8.63. The van der Waals surface area contributed by atoms with Gasteiger partial charge in [-0.15, -0.1) is 0 Å². The highest BCUT2D eigenvalue weighted by Gasteiger charge is 2.14. The van der Waals surface area contributed by atoms with Crippen LogP contribution >= 0.6 is 0 Å². The van der Waals surface area contributed by atoms with Crippen LogP contribution in [0.2, 0.25) is 19.6 Å². The predicted octanol–water partition coefficient (Wildman–Crippen LogP) is 2.12. The minimum Gasteiger partial charge on any atom is -0.297 e. The molecule has 0 saturated carbocycles. The van der Waals surface area contributed by atoms with E-state index in [2.05, 4.69) is 31.2 Å². The fraction of sp³-hybridized carbons (Fsp3) is 0.571. The normalized spacial score (nSPS) is 12.4. The summed E-state index contributed by atoms with van der Waals surface area (Å²) in [4.78, 5) is 3.91. The maximum absolute atomic E-state index is 3.93. The molecule has 0 saturated heterocycles. The average molecular weight is 141 g/mol. The standard InChI is InChI=1S/C7H15NSi/c1-7(6-8-2)9(3,4)5/h6H,1H2,2-5H3/b8-6+. The van der Waals surface area contributed by atoms with E-state index in [9.17, 15) is 0 Å². The molecule has 0 aromatic rings. The van der Waals surface area contributed by atoms with Gasteiger partial charge in [0.2, 0.25) is 0 Å². The molecule has 0 fully saturated rings. The molecule has 0 radical (unpaired) electrons. The van der Waals surface area contributed by atoms with Gasteiger partial charge in [-0.05, 0) is 5.20 Å². The lowest BCUT2D eigenvalue weighted by Gasteiger charge is -2.14.